The summed E-state index contributed by atoms with van der Waals surface area (Å²) in [6, 6.07) is 14.2. The average Bonchev–Trinajstić information content (AvgIpc) is 2.73. The molecule has 152 valence electrons. The van der Waals surface area contributed by atoms with Gasteiger partial charge in [0.1, 0.15) is 0 Å². The molecular formula is C20H22BrN5O2S. The Morgan fingerprint density at radius 3 is 2.45 bits per heavy atom. The van der Waals surface area contributed by atoms with Crippen molar-refractivity contribution in [1.82, 2.24) is 14.9 Å². The van der Waals surface area contributed by atoms with Gasteiger partial charge in [0.2, 0.25) is 5.95 Å². The SMILES string of the molecule is CN1CCN(c2nc(N(C)S(=O)(=O)c3cccc(Br)c3)c3ccccc3n2)CC1. The largest absolute Gasteiger partial charge is 0.338 e. The van der Waals surface area contributed by atoms with Gasteiger partial charge in [0.05, 0.1) is 10.4 Å². The van der Waals surface area contributed by atoms with Crippen LogP contribution in [0.5, 0.6) is 0 Å². The van der Waals surface area contributed by atoms with E-state index in [0.29, 0.717) is 21.6 Å². The molecule has 9 heteroatoms. The van der Waals surface area contributed by atoms with Crippen LogP contribution >= 0.6 is 15.9 Å². The molecule has 0 atom stereocenters. The summed E-state index contributed by atoms with van der Waals surface area (Å²) in [6.45, 7) is 3.43. The number of benzene rings is 2. The molecule has 0 amide bonds. The lowest BCUT2D eigenvalue weighted by Gasteiger charge is -2.33. The molecule has 0 unspecified atom stereocenters. The van der Waals surface area contributed by atoms with E-state index in [9.17, 15) is 8.42 Å². The number of anilines is 2. The van der Waals surface area contributed by atoms with Crippen LogP contribution in [0.3, 0.4) is 0 Å². The van der Waals surface area contributed by atoms with Gasteiger partial charge in [0.25, 0.3) is 10.0 Å². The molecule has 0 aliphatic carbocycles. The molecule has 1 aliphatic heterocycles. The third-order valence-electron chi connectivity index (χ3n) is 5.11. The van der Waals surface area contributed by atoms with E-state index in [1.54, 1.807) is 31.3 Å². The number of para-hydroxylation sites is 1. The maximum atomic E-state index is 13.3. The zero-order valence-corrected chi connectivity index (χ0v) is 18.7. The molecule has 1 saturated heterocycles. The number of sulfonamides is 1. The molecule has 0 saturated carbocycles. The monoisotopic (exact) mass is 475 g/mol. The van der Waals surface area contributed by atoms with Crippen LogP contribution in [0.25, 0.3) is 10.9 Å². The van der Waals surface area contributed by atoms with Crippen molar-refractivity contribution in [1.29, 1.82) is 0 Å². The van der Waals surface area contributed by atoms with Crippen LogP contribution in [0.2, 0.25) is 0 Å². The van der Waals surface area contributed by atoms with Crippen molar-refractivity contribution in [2.45, 2.75) is 4.90 Å². The van der Waals surface area contributed by atoms with E-state index in [4.69, 9.17) is 9.97 Å². The summed E-state index contributed by atoms with van der Waals surface area (Å²) < 4.78 is 28.5. The normalized spacial score (nSPS) is 15.6. The zero-order chi connectivity index (χ0) is 20.6. The van der Waals surface area contributed by atoms with Gasteiger partial charge in [-0.1, -0.05) is 34.1 Å². The maximum Gasteiger partial charge on any atom is 0.265 e. The lowest BCUT2D eigenvalue weighted by atomic mass is 10.2. The minimum atomic E-state index is -3.78. The summed E-state index contributed by atoms with van der Waals surface area (Å²) in [6.07, 6.45) is 0. The van der Waals surface area contributed by atoms with E-state index < -0.39 is 10.0 Å². The van der Waals surface area contributed by atoms with E-state index in [1.165, 1.54) is 4.31 Å². The van der Waals surface area contributed by atoms with E-state index in [-0.39, 0.29) is 4.90 Å². The van der Waals surface area contributed by atoms with Gasteiger partial charge in [-0.25, -0.2) is 13.4 Å². The molecule has 2 aromatic carbocycles. The van der Waals surface area contributed by atoms with E-state index in [0.717, 1.165) is 31.7 Å². The number of rotatable bonds is 4. The van der Waals surface area contributed by atoms with Gasteiger partial charge < -0.3 is 9.80 Å². The van der Waals surface area contributed by atoms with E-state index in [1.807, 2.05) is 24.3 Å². The van der Waals surface area contributed by atoms with Crippen molar-refractivity contribution in [2.75, 3.05) is 49.5 Å². The highest BCUT2D eigenvalue weighted by molar-refractivity contribution is 9.10. The summed E-state index contributed by atoms with van der Waals surface area (Å²) in [5.41, 5.74) is 0.725. The molecule has 29 heavy (non-hydrogen) atoms. The van der Waals surface area contributed by atoms with Gasteiger partial charge in [-0.2, -0.15) is 4.98 Å². The Labute approximate surface area is 179 Å². The molecule has 2 heterocycles. The van der Waals surface area contributed by atoms with Crippen LogP contribution in [0.4, 0.5) is 11.8 Å². The minimum Gasteiger partial charge on any atom is -0.338 e. The summed E-state index contributed by atoms with van der Waals surface area (Å²) in [4.78, 5) is 14.0. The number of nitrogens with zero attached hydrogens (tertiary/aromatic N) is 5. The molecule has 0 bridgehead atoms. The van der Waals surface area contributed by atoms with Crippen molar-refractivity contribution >= 4 is 48.6 Å². The molecule has 1 aliphatic rings. The van der Waals surface area contributed by atoms with Crippen LogP contribution in [0.15, 0.2) is 57.9 Å². The predicted molar refractivity (Wildman–Crippen MR) is 119 cm³/mol. The molecule has 3 aromatic rings. The van der Waals surface area contributed by atoms with Crippen LogP contribution in [0, 0.1) is 0 Å². The van der Waals surface area contributed by atoms with Gasteiger partial charge >= 0.3 is 0 Å². The fraction of sp³-hybridized carbons (Fsp3) is 0.300. The summed E-state index contributed by atoms with van der Waals surface area (Å²) in [5, 5.41) is 0.700. The zero-order valence-electron chi connectivity index (χ0n) is 16.3. The predicted octanol–water partition coefficient (Wildman–Crippen LogP) is 2.97. The highest BCUT2D eigenvalue weighted by atomic mass is 79.9. The average molecular weight is 476 g/mol. The molecule has 0 spiro atoms. The third-order valence-corrected chi connectivity index (χ3v) is 7.35. The fourth-order valence-electron chi connectivity index (χ4n) is 3.34. The first-order chi connectivity index (χ1) is 13.9. The van der Waals surface area contributed by atoms with Crippen molar-refractivity contribution in [3.05, 3.63) is 53.0 Å². The number of aromatic nitrogens is 2. The van der Waals surface area contributed by atoms with Crippen molar-refractivity contribution in [2.24, 2.45) is 0 Å². The first kappa shape index (κ1) is 20.1. The molecule has 7 nitrogen and oxygen atoms in total. The molecule has 0 N–H and O–H groups in total. The van der Waals surface area contributed by atoms with Gasteiger partial charge in [0, 0.05) is 43.1 Å². The van der Waals surface area contributed by atoms with Crippen molar-refractivity contribution < 1.29 is 8.42 Å². The minimum absolute atomic E-state index is 0.207. The van der Waals surface area contributed by atoms with Gasteiger partial charge in [0.15, 0.2) is 5.82 Å². The quantitative estimate of drug-likeness (QED) is 0.577. The first-order valence-electron chi connectivity index (χ1n) is 9.31. The lowest BCUT2D eigenvalue weighted by molar-refractivity contribution is 0.311. The van der Waals surface area contributed by atoms with E-state index >= 15 is 0 Å². The first-order valence-corrected chi connectivity index (χ1v) is 11.5. The third kappa shape index (κ3) is 3.94. The Kier molecular flexibility index (Phi) is 5.46. The number of hydrogen-bond acceptors (Lipinski definition) is 6. The van der Waals surface area contributed by atoms with Crippen LogP contribution in [0.1, 0.15) is 0 Å². The Balaban J connectivity index is 1.81. The molecule has 0 radical (unpaired) electrons. The topological polar surface area (TPSA) is 69.6 Å². The van der Waals surface area contributed by atoms with Gasteiger partial charge in [-0.3, -0.25) is 4.31 Å². The smallest absolute Gasteiger partial charge is 0.265 e. The van der Waals surface area contributed by atoms with Gasteiger partial charge in [-0.05, 0) is 37.4 Å². The summed E-state index contributed by atoms with van der Waals surface area (Å²) >= 11 is 3.35. The van der Waals surface area contributed by atoms with Crippen LogP contribution < -0.4 is 9.21 Å². The van der Waals surface area contributed by atoms with Gasteiger partial charge in [-0.15, -0.1) is 0 Å². The number of piperazine rings is 1. The number of halogens is 1. The Hall–Kier alpha value is -2.23. The second-order valence-electron chi connectivity index (χ2n) is 7.08. The van der Waals surface area contributed by atoms with E-state index in [2.05, 4.69) is 32.8 Å². The molecule has 1 aromatic heterocycles. The number of fused-ring (bicyclic) bond motifs is 1. The van der Waals surface area contributed by atoms with Crippen molar-refractivity contribution in [3.8, 4) is 0 Å². The maximum absolute atomic E-state index is 13.3. The Morgan fingerprint density at radius 2 is 1.72 bits per heavy atom. The van der Waals surface area contributed by atoms with Crippen LogP contribution in [-0.2, 0) is 10.0 Å². The standard InChI is InChI=1S/C20H22BrN5O2S/c1-24-10-12-26(13-11-24)20-22-18-9-4-3-8-17(18)19(23-20)25(2)29(27,28)16-7-5-6-15(21)14-16/h3-9,14H,10-13H2,1-2H3. The number of hydrogen-bond donors (Lipinski definition) is 0. The fourth-order valence-corrected chi connectivity index (χ4v) is 5.10. The Bertz CT molecular complexity index is 1150. The van der Waals surface area contributed by atoms with Crippen LogP contribution in [-0.4, -0.2) is 63.6 Å². The summed E-state index contributed by atoms with van der Waals surface area (Å²) in [5.74, 6) is 0.938. The second-order valence-corrected chi connectivity index (χ2v) is 9.97. The second kappa shape index (κ2) is 7.89. The molecule has 1 fully saturated rings. The lowest BCUT2D eigenvalue weighted by Crippen LogP contribution is -2.45. The highest BCUT2D eigenvalue weighted by Gasteiger charge is 2.26. The number of likely N-dealkylation sites (N-methyl/N-ethyl adjacent to an activating group) is 1. The highest BCUT2D eigenvalue weighted by Crippen LogP contribution is 2.30. The Morgan fingerprint density at radius 1 is 1.00 bits per heavy atom. The molecule has 4 rings (SSSR count). The van der Waals surface area contributed by atoms with Crippen molar-refractivity contribution in [3.63, 3.8) is 0 Å². The molecular weight excluding hydrogens is 454 g/mol. The summed E-state index contributed by atoms with van der Waals surface area (Å²) in [7, 11) is -0.150.